The summed E-state index contributed by atoms with van der Waals surface area (Å²) in [5.41, 5.74) is 0.253. The zero-order valence-corrected chi connectivity index (χ0v) is 13.6. The quantitative estimate of drug-likeness (QED) is 0.812. The van der Waals surface area contributed by atoms with E-state index in [2.05, 4.69) is 21.2 Å². The molecule has 21 heavy (non-hydrogen) atoms. The number of halogens is 2. The Bertz CT molecular complexity index is 689. The summed E-state index contributed by atoms with van der Waals surface area (Å²) >= 11 is 10.3. The van der Waals surface area contributed by atoms with E-state index in [9.17, 15) is 9.59 Å². The van der Waals surface area contributed by atoms with Gasteiger partial charge in [0.05, 0.1) is 10.7 Å². The van der Waals surface area contributed by atoms with Gasteiger partial charge in [0.2, 0.25) is 0 Å². The molecule has 0 atom stereocenters. The van der Waals surface area contributed by atoms with Crippen LogP contribution in [0.2, 0.25) is 5.02 Å². The second kappa shape index (κ2) is 6.93. The molecule has 0 saturated carbocycles. The van der Waals surface area contributed by atoms with Crippen LogP contribution < -0.4 is 10.1 Å². The minimum absolute atomic E-state index is 0.0741. The molecule has 5 nitrogen and oxygen atoms in total. The van der Waals surface area contributed by atoms with Crippen molar-refractivity contribution in [1.29, 1.82) is 0 Å². The topological polar surface area (TPSA) is 75.6 Å². The predicted octanol–water partition coefficient (Wildman–Crippen LogP) is 3.88. The number of ether oxygens (including phenoxy) is 1. The molecule has 8 heteroatoms. The lowest BCUT2D eigenvalue weighted by atomic mass is 10.3. The van der Waals surface area contributed by atoms with Gasteiger partial charge in [-0.2, -0.15) is 0 Å². The number of thiophene rings is 1. The lowest BCUT2D eigenvalue weighted by molar-refractivity contribution is -0.118. The van der Waals surface area contributed by atoms with Crippen LogP contribution in [0.4, 0.5) is 5.69 Å². The van der Waals surface area contributed by atoms with E-state index in [1.54, 1.807) is 23.6 Å². The highest BCUT2D eigenvalue weighted by molar-refractivity contribution is 9.10. The van der Waals surface area contributed by atoms with Crippen molar-refractivity contribution < 1.29 is 19.4 Å². The van der Waals surface area contributed by atoms with Crippen LogP contribution in [0.15, 0.2) is 34.1 Å². The summed E-state index contributed by atoms with van der Waals surface area (Å²) in [6.07, 6.45) is 0. The lowest BCUT2D eigenvalue weighted by Gasteiger charge is -2.08. The Hall–Kier alpha value is -1.57. The van der Waals surface area contributed by atoms with Crippen molar-refractivity contribution in [3.63, 3.8) is 0 Å². The number of hydrogen-bond acceptors (Lipinski definition) is 4. The van der Waals surface area contributed by atoms with Crippen LogP contribution in [0.1, 0.15) is 9.67 Å². The summed E-state index contributed by atoms with van der Waals surface area (Å²) in [6.45, 7) is -0.268. The molecule has 0 fully saturated rings. The number of carboxylic acids is 1. The number of rotatable bonds is 5. The number of carbonyl (C=O) groups excluding carboxylic acids is 1. The zero-order valence-electron chi connectivity index (χ0n) is 10.4. The number of carboxylic acid groups (broad SMARTS) is 1. The molecule has 1 aromatic carbocycles. The van der Waals surface area contributed by atoms with Crippen molar-refractivity contribution in [2.75, 3.05) is 11.9 Å². The highest BCUT2D eigenvalue weighted by atomic mass is 79.9. The number of nitrogens with one attached hydrogen (secondary N) is 1. The molecule has 0 aliphatic carbocycles. The Morgan fingerprint density at radius 1 is 1.38 bits per heavy atom. The molecular formula is C13H9BrClNO4S. The Labute approximate surface area is 137 Å². The van der Waals surface area contributed by atoms with Crippen LogP contribution >= 0.6 is 38.9 Å². The van der Waals surface area contributed by atoms with Gasteiger partial charge < -0.3 is 15.2 Å². The van der Waals surface area contributed by atoms with Crippen LogP contribution in [-0.4, -0.2) is 23.6 Å². The summed E-state index contributed by atoms with van der Waals surface area (Å²) in [5, 5.41) is 13.4. The Morgan fingerprint density at radius 2 is 2.14 bits per heavy atom. The number of benzene rings is 1. The molecule has 2 rings (SSSR count). The Balaban J connectivity index is 1.96. The molecule has 1 amide bonds. The molecule has 110 valence electrons. The normalized spacial score (nSPS) is 10.2. The summed E-state index contributed by atoms with van der Waals surface area (Å²) < 4.78 is 6.09. The van der Waals surface area contributed by atoms with Crippen LogP contribution in [-0.2, 0) is 4.79 Å². The SMILES string of the molecule is O=C(COc1ccc(Br)cc1Cl)Nc1ccsc1C(=O)O. The Morgan fingerprint density at radius 3 is 2.81 bits per heavy atom. The van der Waals surface area contributed by atoms with Crippen LogP contribution in [0.5, 0.6) is 5.75 Å². The number of carbonyl (C=O) groups is 2. The van der Waals surface area contributed by atoms with E-state index >= 15 is 0 Å². The van der Waals surface area contributed by atoms with E-state index in [-0.39, 0.29) is 17.2 Å². The fourth-order valence-electron chi connectivity index (χ4n) is 1.50. The summed E-state index contributed by atoms with van der Waals surface area (Å²) in [4.78, 5) is 22.8. The second-order valence-corrected chi connectivity index (χ2v) is 6.12. The molecule has 0 spiro atoms. The summed E-state index contributed by atoms with van der Waals surface area (Å²) in [7, 11) is 0. The first-order valence-electron chi connectivity index (χ1n) is 5.66. The molecular weight excluding hydrogens is 382 g/mol. The van der Waals surface area contributed by atoms with Gasteiger partial charge in [0.15, 0.2) is 6.61 Å². The largest absolute Gasteiger partial charge is 0.482 e. The average Bonchev–Trinajstić information content (AvgIpc) is 2.86. The maximum atomic E-state index is 11.8. The van der Waals surface area contributed by atoms with Crippen molar-refractivity contribution in [3.8, 4) is 5.75 Å². The smallest absolute Gasteiger partial charge is 0.348 e. The van der Waals surface area contributed by atoms with Gasteiger partial charge in [0, 0.05) is 4.47 Å². The lowest BCUT2D eigenvalue weighted by Crippen LogP contribution is -2.21. The Kier molecular flexibility index (Phi) is 5.22. The number of aromatic carboxylic acids is 1. The monoisotopic (exact) mass is 389 g/mol. The van der Waals surface area contributed by atoms with Crippen molar-refractivity contribution in [3.05, 3.63) is 44.0 Å². The molecule has 0 aliphatic heterocycles. The van der Waals surface area contributed by atoms with E-state index in [1.165, 1.54) is 6.07 Å². The molecule has 0 aliphatic rings. The fourth-order valence-corrected chi connectivity index (χ4v) is 2.91. The highest BCUT2D eigenvalue weighted by Crippen LogP contribution is 2.28. The summed E-state index contributed by atoms with van der Waals surface area (Å²) in [5.74, 6) is -1.18. The first-order valence-corrected chi connectivity index (χ1v) is 7.71. The first-order chi connectivity index (χ1) is 9.97. The molecule has 0 bridgehead atoms. The maximum absolute atomic E-state index is 11.8. The molecule has 2 N–H and O–H groups in total. The van der Waals surface area contributed by atoms with Crippen molar-refractivity contribution in [2.45, 2.75) is 0 Å². The van der Waals surface area contributed by atoms with Gasteiger partial charge in [-0.1, -0.05) is 27.5 Å². The minimum Gasteiger partial charge on any atom is -0.482 e. The zero-order chi connectivity index (χ0) is 15.4. The molecule has 0 radical (unpaired) electrons. The van der Waals surface area contributed by atoms with Gasteiger partial charge in [-0.05, 0) is 29.6 Å². The third-order valence-corrected chi connectivity index (χ3v) is 4.08. The predicted molar refractivity (Wildman–Crippen MR) is 84.6 cm³/mol. The van der Waals surface area contributed by atoms with Gasteiger partial charge in [-0.25, -0.2) is 4.79 Å². The molecule has 2 aromatic rings. The van der Waals surface area contributed by atoms with E-state index in [1.807, 2.05) is 0 Å². The van der Waals surface area contributed by atoms with E-state index in [4.69, 9.17) is 21.4 Å². The van der Waals surface area contributed by atoms with E-state index < -0.39 is 11.9 Å². The third kappa shape index (κ3) is 4.20. The van der Waals surface area contributed by atoms with Crippen molar-refractivity contribution in [1.82, 2.24) is 0 Å². The second-order valence-electron chi connectivity index (χ2n) is 3.88. The van der Waals surface area contributed by atoms with E-state index in [0.29, 0.717) is 10.8 Å². The first kappa shape index (κ1) is 15.8. The van der Waals surface area contributed by atoms with Gasteiger partial charge >= 0.3 is 5.97 Å². The van der Waals surface area contributed by atoms with Gasteiger partial charge in [-0.3, -0.25) is 4.79 Å². The molecule has 0 saturated heterocycles. The van der Waals surface area contributed by atoms with Gasteiger partial charge in [0.1, 0.15) is 10.6 Å². The van der Waals surface area contributed by atoms with Gasteiger partial charge in [0.25, 0.3) is 5.91 Å². The number of hydrogen-bond donors (Lipinski definition) is 2. The molecule has 0 unspecified atom stereocenters. The highest BCUT2D eigenvalue weighted by Gasteiger charge is 2.14. The summed E-state index contributed by atoms with van der Waals surface area (Å²) in [6, 6.07) is 6.54. The van der Waals surface area contributed by atoms with Crippen LogP contribution in [0, 0.1) is 0 Å². The van der Waals surface area contributed by atoms with Crippen molar-refractivity contribution in [2.24, 2.45) is 0 Å². The number of amides is 1. The van der Waals surface area contributed by atoms with E-state index in [0.717, 1.165) is 15.8 Å². The van der Waals surface area contributed by atoms with Crippen molar-refractivity contribution >= 4 is 56.4 Å². The third-order valence-electron chi connectivity index (χ3n) is 2.39. The average molecular weight is 391 g/mol. The molecule has 1 heterocycles. The van der Waals surface area contributed by atoms with Crippen LogP contribution in [0.3, 0.4) is 0 Å². The maximum Gasteiger partial charge on any atom is 0.348 e. The van der Waals surface area contributed by atoms with Crippen LogP contribution in [0.25, 0.3) is 0 Å². The molecule has 1 aromatic heterocycles. The van der Waals surface area contributed by atoms with Gasteiger partial charge in [-0.15, -0.1) is 11.3 Å². The standard InChI is InChI=1S/C13H9BrClNO4S/c14-7-1-2-10(8(15)5-7)20-6-11(17)16-9-3-4-21-12(9)13(18)19/h1-5H,6H2,(H,16,17)(H,18,19). The number of anilines is 1. The fraction of sp³-hybridized carbons (Fsp3) is 0.0769. The minimum atomic E-state index is -1.09.